The van der Waals surface area contributed by atoms with Crippen LogP contribution in [0.2, 0.25) is 0 Å². The van der Waals surface area contributed by atoms with Gasteiger partial charge >= 0.3 is 0 Å². The van der Waals surface area contributed by atoms with E-state index in [2.05, 4.69) is 37.2 Å². The first kappa shape index (κ1) is 14.6. The first-order chi connectivity index (χ1) is 9.02. The van der Waals surface area contributed by atoms with E-state index in [0.717, 1.165) is 24.9 Å². The van der Waals surface area contributed by atoms with Crippen LogP contribution in [-0.4, -0.2) is 25.0 Å². The molecule has 1 heterocycles. The van der Waals surface area contributed by atoms with Gasteiger partial charge in [-0.2, -0.15) is 0 Å². The lowest BCUT2D eigenvalue weighted by Gasteiger charge is -2.38. The molecule has 1 saturated carbocycles. The maximum Gasteiger partial charge on any atom is 0.122 e. The normalized spacial score (nSPS) is 20.1. The van der Waals surface area contributed by atoms with Gasteiger partial charge in [-0.3, -0.25) is 4.90 Å². The molecule has 1 fully saturated rings. The first-order valence-electron chi connectivity index (χ1n) is 7.42. The summed E-state index contributed by atoms with van der Waals surface area (Å²) in [7, 11) is 4.21. The Balaban J connectivity index is 1.90. The molecule has 0 bridgehead atoms. The molecule has 0 amide bonds. The second kappa shape index (κ2) is 6.10. The molecule has 0 saturated heterocycles. The van der Waals surface area contributed by atoms with Gasteiger partial charge in [-0.25, -0.2) is 0 Å². The molecule has 1 aromatic rings. The summed E-state index contributed by atoms with van der Waals surface area (Å²) in [6.45, 7) is 6.60. The van der Waals surface area contributed by atoms with Gasteiger partial charge in [-0.15, -0.1) is 0 Å². The molecule has 1 N–H and O–H groups in total. The third kappa shape index (κ3) is 3.83. The maximum atomic E-state index is 5.54. The lowest BCUT2D eigenvalue weighted by molar-refractivity contribution is 0.122. The third-order valence-electron chi connectivity index (χ3n) is 4.53. The average Bonchev–Trinajstić information content (AvgIpc) is 2.77. The second-order valence-corrected chi connectivity index (χ2v) is 6.71. The molecule has 0 unspecified atom stereocenters. The second-order valence-electron chi connectivity index (χ2n) is 6.71. The lowest BCUT2D eigenvalue weighted by atomic mass is 9.75. The zero-order valence-electron chi connectivity index (χ0n) is 12.8. The van der Waals surface area contributed by atoms with Gasteiger partial charge < -0.3 is 9.73 Å². The highest BCUT2D eigenvalue weighted by Crippen LogP contribution is 2.36. The van der Waals surface area contributed by atoms with Crippen molar-refractivity contribution in [3.63, 3.8) is 0 Å². The van der Waals surface area contributed by atoms with Gasteiger partial charge in [0.05, 0.1) is 12.8 Å². The molecule has 3 nitrogen and oxygen atoms in total. The number of rotatable bonds is 5. The van der Waals surface area contributed by atoms with Crippen molar-refractivity contribution in [1.29, 1.82) is 0 Å². The van der Waals surface area contributed by atoms with Crippen molar-refractivity contribution in [3.8, 4) is 0 Å². The molecule has 0 atom stereocenters. The summed E-state index contributed by atoms with van der Waals surface area (Å²) in [4.78, 5) is 2.50. The van der Waals surface area contributed by atoms with E-state index in [4.69, 9.17) is 4.42 Å². The van der Waals surface area contributed by atoms with E-state index in [1.165, 1.54) is 31.2 Å². The number of nitrogens with zero attached hydrogens (tertiary/aromatic N) is 1. The summed E-state index contributed by atoms with van der Waals surface area (Å²) in [6, 6.07) is 2.83. The van der Waals surface area contributed by atoms with Crippen LogP contribution >= 0.6 is 0 Å². The number of furan rings is 1. The Morgan fingerprint density at radius 1 is 1.37 bits per heavy atom. The molecule has 0 radical (unpaired) electrons. The van der Waals surface area contributed by atoms with E-state index in [1.54, 1.807) is 6.26 Å². The molecule has 0 spiro atoms. The van der Waals surface area contributed by atoms with Gasteiger partial charge in [-0.1, -0.05) is 13.8 Å². The smallest absolute Gasteiger partial charge is 0.122 e. The summed E-state index contributed by atoms with van der Waals surface area (Å²) >= 11 is 0. The highest BCUT2D eigenvalue weighted by molar-refractivity contribution is 5.17. The van der Waals surface area contributed by atoms with Crippen LogP contribution in [-0.2, 0) is 13.1 Å². The Hall–Kier alpha value is -0.800. The van der Waals surface area contributed by atoms with Crippen molar-refractivity contribution in [3.05, 3.63) is 23.7 Å². The molecule has 108 valence electrons. The Labute approximate surface area is 117 Å². The number of nitrogens with one attached hydrogen (secondary N) is 1. The van der Waals surface area contributed by atoms with Crippen molar-refractivity contribution < 1.29 is 4.42 Å². The molecular weight excluding hydrogens is 236 g/mol. The predicted octanol–water partition coefficient (Wildman–Crippen LogP) is 3.40. The fraction of sp³-hybridized carbons (Fsp3) is 0.750. The minimum Gasteiger partial charge on any atom is -0.468 e. The van der Waals surface area contributed by atoms with Crippen LogP contribution in [0.3, 0.4) is 0 Å². The van der Waals surface area contributed by atoms with E-state index in [0.29, 0.717) is 5.41 Å². The van der Waals surface area contributed by atoms with Crippen molar-refractivity contribution in [2.75, 3.05) is 14.1 Å². The standard InChI is InChI=1S/C16H28N2O/c1-16(2)8-5-14(6-9-16)18(4)12-13-7-10-19-15(13)11-17-3/h7,10,14,17H,5-6,8-9,11-12H2,1-4H3. The minimum absolute atomic E-state index is 0.546. The highest BCUT2D eigenvalue weighted by Gasteiger charge is 2.29. The van der Waals surface area contributed by atoms with Crippen LogP contribution < -0.4 is 5.32 Å². The average molecular weight is 264 g/mol. The van der Waals surface area contributed by atoms with E-state index in [1.807, 2.05) is 7.05 Å². The molecule has 2 rings (SSSR count). The van der Waals surface area contributed by atoms with Crippen molar-refractivity contribution in [2.45, 2.75) is 58.7 Å². The molecule has 1 aromatic heterocycles. The molecule has 1 aliphatic rings. The van der Waals surface area contributed by atoms with Crippen LogP contribution in [0.1, 0.15) is 50.9 Å². The van der Waals surface area contributed by atoms with Gasteiger partial charge in [0.2, 0.25) is 0 Å². The van der Waals surface area contributed by atoms with Crippen LogP contribution in [0.5, 0.6) is 0 Å². The van der Waals surface area contributed by atoms with Gasteiger partial charge in [0, 0.05) is 18.2 Å². The van der Waals surface area contributed by atoms with Gasteiger partial charge in [0.15, 0.2) is 0 Å². The summed E-state index contributed by atoms with van der Waals surface area (Å²) in [5.41, 5.74) is 1.87. The molecule has 19 heavy (non-hydrogen) atoms. The van der Waals surface area contributed by atoms with Gasteiger partial charge in [0.25, 0.3) is 0 Å². The van der Waals surface area contributed by atoms with E-state index in [-0.39, 0.29) is 0 Å². The van der Waals surface area contributed by atoms with Crippen LogP contribution in [0.4, 0.5) is 0 Å². The monoisotopic (exact) mass is 264 g/mol. The Morgan fingerprint density at radius 3 is 2.68 bits per heavy atom. The van der Waals surface area contributed by atoms with E-state index in [9.17, 15) is 0 Å². The molecule has 1 aliphatic carbocycles. The summed E-state index contributed by atoms with van der Waals surface area (Å²) < 4.78 is 5.54. The quantitative estimate of drug-likeness (QED) is 0.883. The summed E-state index contributed by atoms with van der Waals surface area (Å²) in [6.07, 6.45) is 7.14. The molecule has 0 aromatic carbocycles. The minimum atomic E-state index is 0.546. The molecule has 3 heteroatoms. The van der Waals surface area contributed by atoms with E-state index >= 15 is 0 Å². The van der Waals surface area contributed by atoms with Crippen LogP contribution in [0, 0.1) is 5.41 Å². The van der Waals surface area contributed by atoms with Crippen LogP contribution in [0.25, 0.3) is 0 Å². The lowest BCUT2D eigenvalue weighted by Crippen LogP contribution is -2.36. The fourth-order valence-corrected chi connectivity index (χ4v) is 3.05. The van der Waals surface area contributed by atoms with Crippen molar-refractivity contribution in [2.24, 2.45) is 5.41 Å². The third-order valence-corrected chi connectivity index (χ3v) is 4.53. The molecular formula is C16H28N2O. The first-order valence-corrected chi connectivity index (χ1v) is 7.42. The topological polar surface area (TPSA) is 28.4 Å². The van der Waals surface area contributed by atoms with E-state index < -0.39 is 0 Å². The van der Waals surface area contributed by atoms with Crippen molar-refractivity contribution >= 4 is 0 Å². The SMILES string of the molecule is CNCc1occc1CN(C)C1CCC(C)(C)CC1. The van der Waals surface area contributed by atoms with Crippen LogP contribution in [0.15, 0.2) is 16.7 Å². The zero-order valence-corrected chi connectivity index (χ0v) is 12.8. The van der Waals surface area contributed by atoms with Gasteiger partial charge in [-0.05, 0) is 51.3 Å². The Bertz CT molecular complexity index is 387. The fourth-order valence-electron chi connectivity index (χ4n) is 3.05. The largest absolute Gasteiger partial charge is 0.468 e. The number of hydrogen-bond donors (Lipinski definition) is 1. The van der Waals surface area contributed by atoms with Crippen molar-refractivity contribution in [1.82, 2.24) is 10.2 Å². The van der Waals surface area contributed by atoms with Gasteiger partial charge in [0.1, 0.15) is 5.76 Å². The molecule has 0 aliphatic heterocycles. The predicted molar refractivity (Wildman–Crippen MR) is 79.0 cm³/mol. The number of hydrogen-bond acceptors (Lipinski definition) is 3. The Kier molecular flexibility index (Phi) is 4.69. The summed E-state index contributed by atoms with van der Waals surface area (Å²) in [5, 5.41) is 3.16. The summed E-state index contributed by atoms with van der Waals surface area (Å²) in [5.74, 6) is 1.07. The highest BCUT2D eigenvalue weighted by atomic mass is 16.3. The maximum absolute atomic E-state index is 5.54. The Morgan fingerprint density at radius 2 is 2.05 bits per heavy atom. The zero-order chi connectivity index (χ0) is 13.9.